The Balaban J connectivity index is 1.88. The maximum absolute atomic E-state index is 6.26. The highest BCUT2D eigenvalue weighted by Crippen LogP contribution is 2.42. The Morgan fingerprint density at radius 1 is 1.20 bits per heavy atom. The van der Waals surface area contributed by atoms with Crippen molar-refractivity contribution in [2.45, 2.75) is 58.3 Å². The Morgan fingerprint density at radius 3 is 2.70 bits per heavy atom. The third kappa shape index (κ3) is 2.49. The van der Waals surface area contributed by atoms with Crippen LogP contribution in [0.4, 0.5) is 0 Å². The molecule has 3 rings (SSSR count). The molecule has 2 heteroatoms. The van der Waals surface area contributed by atoms with E-state index in [-0.39, 0.29) is 6.10 Å². The van der Waals surface area contributed by atoms with E-state index < -0.39 is 5.79 Å². The van der Waals surface area contributed by atoms with Gasteiger partial charge in [0.15, 0.2) is 0 Å². The standard InChI is InChI=1S/C18H22O2/c1-13-11-14(2)17(15(3)12-13)16-7-9-18(20-16)8-5-4-6-10-19-18/h11-12,16H,4,6-7,9-10H2,1-3H3/t16-,18-/m1/s1. The lowest BCUT2D eigenvalue weighted by atomic mass is 9.94. The minimum absolute atomic E-state index is 0.114. The van der Waals surface area contributed by atoms with Crippen LogP contribution in [0.5, 0.6) is 0 Å². The second-order valence-corrected chi connectivity index (χ2v) is 5.96. The quantitative estimate of drug-likeness (QED) is 0.719. The zero-order valence-electron chi connectivity index (χ0n) is 12.6. The average Bonchev–Trinajstić information content (AvgIpc) is 2.63. The van der Waals surface area contributed by atoms with Gasteiger partial charge < -0.3 is 9.47 Å². The number of ether oxygens (including phenoxy) is 2. The highest BCUT2D eigenvalue weighted by molar-refractivity contribution is 5.39. The molecule has 0 saturated carbocycles. The fraction of sp³-hybridized carbons (Fsp3) is 0.556. The van der Waals surface area contributed by atoms with Crippen LogP contribution in [0.2, 0.25) is 0 Å². The molecule has 1 aromatic rings. The second kappa shape index (κ2) is 5.24. The molecular weight excluding hydrogens is 248 g/mol. The number of benzene rings is 1. The number of hydrogen-bond donors (Lipinski definition) is 0. The van der Waals surface area contributed by atoms with Gasteiger partial charge in [-0.1, -0.05) is 23.6 Å². The van der Waals surface area contributed by atoms with Crippen LogP contribution in [-0.4, -0.2) is 12.4 Å². The van der Waals surface area contributed by atoms with Crippen LogP contribution in [0.1, 0.15) is 54.0 Å². The summed E-state index contributed by atoms with van der Waals surface area (Å²) in [6.07, 6.45) is 3.89. The molecule has 0 bridgehead atoms. The third-order valence-corrected chi connectivity index (χ3v) is 4.19. The predicted octanol–water partition coefficient (Wildman–Crippen LogP) is 3.97. The summed E-state index contributed by atoms with van der Waals surface area (Å²) < 4.78 is 12.2. The third-order valence-electron chi connectivity index (χ3n) is 4.19. The molecule has 2 nitrogen and oxygen atoms in total. The van der Waals surface area contributed by atoms with Gasteiger partial charge in [-0.15, -0.1) is 0 Å². The zero-order valence-corrected chi connectivity index (χ0v) is 12.6. The van der Waals surface area contributed by atoms with Gasteiger partial charge in [-0.3, -0.25) is 0 Å². The van der Waals surface area contributed by atoms with Gasteiger partial charge >= 0.3 is 0 Å². The molecule has 2 aliphatic heterocycles. The van der Waals surface area contributed by atoms with Gasteiger partial charge in [0.2, 0.25) is 5.79 Å². The van der Waals surface area contributed by atoms with Crippen molar-refractivity contribution in [3.05, 3.63) is 34.4 Å². The lowest BCUT2D eigenvalue weighted by molar-refractivity contribution is -0.187. The van der Waals surface area contributed by atoms with E-state index in [1.54, 1.807) is 0 Å². The van der Waals surface area contributed by atoms with Crippen molar-refractivity contribution in [1.29, 1.82) is 0 Å². The maximum Gasteiger partial charge on any atom is 0.234 e. The van der Waals surface area contributed by atoms with Crippen LogP contribution in [0.25, 0.3) is 0 Å². The van der Waals surface area contributed by atoms with Crippen LogP contribution in [0, 0.1) is 32.6 Å². The molecule has 1 spiro atoms. The molecule has 0 amide bonds. The lowest BCUT2D eigenvalue weighted by Gasteiger charge is -2.24. The van der Waals surface area contributed by atoms with Crippen molar-refractivity contribution in [2.24, 2.45) is 0 Å². The van der Waals surface area contributed by atoms with E-state index >= 15 is 0 Å². The number of aryl methyl sites for hydroxylation is 3. The van der Waals surface area contributed by atoms with Crippen molar-refractivity contribution in [2.75, 3.05) is 6.61 Å². The summed E-state index contributed by atoms with van der Waals surface area (Å²) in [6.45, 7) is 7.21. The summed E-state index contributed by atoms with van der Waals surface area (Å²) in [4.78, 5) is 0. The molecule has 1 saturated heterocycles. The number of rotatable bonds is 1. The lowest BCUT2D eigenvalue weighted by Crippen LogP contribution is -2.29. The van der Waals surface area contributed by atoms with Crippen molar-refractivity contribution >= 4 is 0 Å². The predicted molar refractivity (Wildman–Crippen MR) is 79.4 cm³/mol. The summed E-state index contributed by atoms with van der Waals surface area (Å²) in [7, 11) is 0. The smallest absolute Gasteiger partial charge is 0.234 e. The fourth-order valence-corrected chi connectivity index (χ4v) is 3.40. The van der Waals surface area contributed by atoms with E-state index in [0.29, 0.717) is 0 Å². The van der Waals surface area contributed by atoms with Crippen LogP contribution < -0.4 is 0 Å². The molecule has 1 aromatic carbocycles. The molecule has 2 atom stereocenters. The van der Waals surface area contributed by atoms with Crippen molar-refractivity contribution in [3.8, 4) is 11.8 Å². The Labute approximate surface area is 121 Å². The largest absolute Gasteiger partial charge is 0.340 e. The monoisotopic (exact) mass is 270 g/mol. The van der Waals surface area contributed by atoms with Gasteiger partial charge in [0.1, 0.15) is 0 Å². The summed E-state index contributed by atoms with van der Waals surface area (Å²) in [6, 6.07) is 4.46. The molecule has 2 heterocycles. The summed E-state index contributed by atoms with van der Waals surface area (Å²) in [5.41, 5.74) is 5.25. The zero-order chi connectivity index (χ0) is 14.2. The van der Waals surface area contributed by atoms with Gasteiger partial charge in [0.25, 0.3) is 0 Å². The Morgan fingerprint density at radius 2 is 1.95 bits per heavy atom. The van der Waals surface area contributed by atoms with E-state index in [1.807, 2.05) is 0 Å². The molecule has 0 aromatic heterocycles. The van der Waals surface area contributed by atoms with E-state index in [9.17, 15) is 0 Å². The first-order chi connectivity index (χ1) is 9.60. The first-order valence-corrected chi connectivity index (χ1v) is 7.49. The molecule has 0 aliphatic carbocycles. The van der Waals surface area contributed by atoms with Crippen molar-refractivity contribution in [1.82, 2.24) is 0 Å². The van der Waals surface area contributed by atoms with Gasteiger partial charge in [-0.2, -0.15) is 0 Å². The summed E-state index contributed by atoms with van der Waals surface area (Å²) >= 11 is 0. The Hall–Kier alpha value is -1.30. The van der Waals surface area contributed by atoms with Gasteiger partial charge in [0.05, 0.1) is 12.7 Å². The molecule has 0 N–H and O–H groups in total. The second-order valence-electron chi connectivity index (χ2n) is 5.96. The van der Waals surface area contributed by atoms with E-state index in [2.05, 4.69) is 44.7 Å². The minimum Gasteiger partial charge on any atom is -0.340 e. The van der Waals surface area contributed by atoms with Gasteiger partial charge in [0, 0.05) is 12.8 Å². The van der Waals surface area contributed by atoms with Crippen LogP contribution in [0.15, 0.2) is 12.1 Å². The average molecular weight is 270 g/mol. The molecule has 20 heavy (non-hydrogen) atoms. The van der Waals surface area contributed by atoms with Crippen molar-refractivity contribution in [3.63, 3.8) is 0 Å². The van der Waals surface area contributed by atoms with Gasteiger partial charge in [-0.25, -0.2) is 0 Å². The Kier molecular flexibility index (Phi) is 3.58. The fourth-order valence-electron chi connectivity index (χ4n) is 3.40. The Bertz CT molecular complexity index is 556. The molecular formula is C18H22O2. The highest BCUT2D eigenvalue weighted by atomic mass is 16.7. The van der Waals surface area contributed by atoms with Crippen LogP contribution in [0.3, 0.4) is 0 Å². The molecule has 106 valence electrons. The highest BCUT2D eigenvalue weighted by Gasteiger charge is 2.41. The maximum atomic E-state index is 6.26. The topological polar surface area (TPSA) is 18.5 Å². The first kappa shape index (κ1) is 13.7. The van der Waals surface area contributed by atoms with Gasteiger partial charge in [-0.05, 0) is 56.2 Å². The van der Waals surface area contributed by atoms with E-state index in [0.717, 1.165) is 32.3 Å². The summed E-state index contributed by atoms with van der Waals surface area (Å²) in [5.74, 6) is 5.76. The van der Waals surface area contributed by atoms with Crippen LogP contribution in [-0.2, 0) is 9.47 Å². The van der Waals surface area contributed by atoms with E-state index in [4.69, 9.17) is 9.47 Å². The van der Waals surface area contributed by atoms with Crippen molar-refractivity contribution < 1.29 is 9.47 Å². The normalized spacial score (nSPS) is 29.1. The first-order valence-electron chi connectivity index (χ1n) is 7.49. The number of hydrogen-bond acceptors (Lipinski definition) is 2. The van der Waals surface area contributed by atoms with Crippen LogP contribution >= 0.6 is 0 Å². The van der Waals surface area contributed by atoms with E-state index in [1.165, 1.54) is 22.3 Å². The molecule has 1 fully saturated rings. The SMILES string of the molecule is Cc1cc(C)c([C@H]2CC[C@@]3(C#CCCCO3)O2)c(C)c1. The molecule has 0 unspecified atom stereocenters. The molecule has 2 aliphatic rings. The molecule has 0 radical (unpaired) electrons. The summed E-state index contributed by atoms with van der Waals surface area (Å²) in [5, 5.41) is 0. The minimum atomic E-state index is -0.648.